The molecule has 14 heavy (non-hydrogen) atoms. The number of methoxy groups -OCH3 is 1. The van der Waals surface area contributed by atoms with E-state index in [2.05, 4.69) is 5.32 Å². The Kier molecular flexibility index (Phi) is 4.34. The monoisotopic (exact) mass is 200 g/mol. The van der Waals surface area contributed by atoms with Crippen molar-refractivity contribution in [2.75, 3.05) is 13.7 Å². The highest BCUT2D eigenvalue weighted by Crippen LogP contribution is 2.22. The van der Waals surface area contributed by atoms with Crippen molar-refractivity contribution in [1.29, 1.82) is 0 Å². The molecular formula is C7H13BN2O4. The van der Waals surface area contributed by atoms with E-state index in [9.17, 15) is 4.79 Å². The Bertz CT molecular complexity index is 195. The van der Waals surface area contributed by atoms with Gasteiger partial charge in [-0.15, -0.1) is 0 Å². The van der Waals surface area contributed by atoms with Crippen molar-refractivity contribution >= 4 is 14.3 Å². The molecule has 6 nitrogen and oxygen atoms in total. The third kappa shape index (κ3) is 2.24. The van der Waals surface area contributed by atoms with Gasteiger partial charge in [0.2, 0.25) is 6.41 Å². The molecule has 0 spiro atoms. The molecular weight excluding hydrogens is 187 g/mol. The van der Waals surface area contributed by atoms with Crippen LogP contribution in [0.2, 0.25) is 0 Å². The van der Waals surface area contributed by atoms with Crippen LogP contribution in [0.15, 0.2) is 0 Å². The third-order valence-electron chi connectivity index (χ3n) is 2.18. The van der Waals surface area contributed by atoms with Gasteiger partial charge in [-0.25, -0.2) is 5.90 Å². The molecule has 1 fully saturated rings. The number of carbonyl (C=O) groups excluding carboxylic acids is 1. The number of hydrogen-bond acceptors (Lipinski definition) is 5. The van der Waals surface area contributed by atoms with E-state index in [0.717, 1.165) is 0 Å². The van der Waals surface area contributed by atoms with Gasteiger partial charge in [0.1, 0.15) is 26.2 Å². The minimum absolute atomic E-state index is 0.291. The van der Waals surface area contributed by atoms with Crippen molar-refractivity contribution < 1.29 is 19.1 Å². The van der Waals surface area contributed by atoms with Gasteiger partial charge < -0.3 is 14.8 Å². The smallest absolute Gasteiger partial charge is 0.207 e. The second kappa shape index (κ2) is 5.30. The van der Waals surface area contributed by atoms with Crippen molar-refractivity contribution in [2.24, 2.45) is 5.90 Å². The minimum Gasteiger partial charge on any atom is -0.377 e. The molecule has 4 unspecified atom stereocenters. The summed E-state index contributed by atoms with van der Waals surface area (Å²) in [4.78, 5) is 14.8. The van der Waals surface area contributed by atoms with Crippen molar-refractivity contribution in [2.45, 2.75) is 24.3 Å². The van der Waals surface area contributed by atoms with Crippen LogP contribution in [0.4, 0.5) is 0 Å². The Morgan fingerprint density at radius 1 is 1.64 bits per heavy atom. The summed E-state index contributed by atoms with van der Waals surface area (Å²) >= 11 is 0. The van der Waals surface area contributed by atoms with Crippen molar-refractivity contribution in [3.63, 3.8) is 0 Å². The summed E-state index contributed by atoms with van der Waals surface area (Å²) in [6.07, 6.45) is -0.700. The highest BCUT2D eigenvalue weighted by molar-refractivity contribution is 6.11. The number of nitrogens with two attached hydrogens (primary N) is 1. The molecule has 1 aliphatic rings. The van der Waals surface area contributed by atoms with Gasteiger partial charge >= 0.3 is 0 Å². The second-order valence-corrected chi connectivity index (χ2v) is 2.97. The quantitative estimate of drug-likeness (QED) is 0.301. The van der Waals surface area contributed by atoms with Gasteiger partial charge in [-0.05, 0) is 0 Å². The minimum atomic E-state index is -0.591. The zero-order chi connectivity index (χ0) is 10.6. The van der Waals surface area contributed by atoms with E-state index < -0.39 is 18.2 Å². The Balaban J connectivity index is 2.55. The van der Waals surface area contributed by atoms with Crippen LogP contribution in [0.1, 0.15) is 0 Å². The summed E-state index contributed by atoms with van der Waals surface area (Å²) in [6, 6.07) is -0.591. The Labute approximate surface area is 83.4 Å². The van der Waals surface area contributed by atoms with E-state index in [1.54, 1.807) is 0 Å². The molecule has 1 rings (SSSR count). The fraction of sp³-hybridized carbons (Fsp3) is 0.857. The molecule has 0 aromatic heterocycles. The summed E-state index contributed by atoms with van der Waals surface area (Å²) in [5, 5.41) is 2.47. The lowest BCUT2D eigenvalue weighted by molar-refractivity contribution is -0.110. The molecule has 2 radical (unpaired) electrons. The largest absolute Gasteiger partial charge is 0.377 e. The fourth-order valence-electron chi connectivity index (χ4n) is 1.52. The number of amides is 1. The highest BCUT2D eigenvalue weighted by Gasteiger charge is 2.42. The van der Waals surface area contributed by atoms with Gasteiger partial charge in [0.05, 0.1) is 0 Å². The van der Waals surface area contributed by atoms with E-state index in [4.69, 9.17) is 28.1 Å². The first-order valence-corrected chi connectivity index (χ1v) is 4.21. The summed E-state index contributed by atoms with van der Waals surface area (Å²) in [5.74, 6) is 5.09. The average Bonchev–Trinajstić information content (AvgIpc) is 2.50. The zero-order valence-electron chi connectivity index (χ0n) is 7.88. The van der Waals surface area contributed by atoms with Crippen LogP contribution in [0.3, 0.4) is 0 Å². The van der Waals surface area contributed by atoms with Crippen LogP contribution in [0.5, 0.6) is 0 Å². The summed E-state index contributed by atoms with van der Waals surface area (Å²) in [7, 11) is 7.11. The summed E-state index contributed by atoms with van der Waals surface area (Å²) in [5.41, 5.74) is 0. The molecule has 1 heterocycles. The molecule has 1 amide bonds. The lowest BCUT2D eigenvalue weighted by Crippen LogP contribution is -2.42. The normalized spacial score (nSPS) is 37.0. The van der Waals surface area contributed by atoms with Crippen LogP contribution >= 0.6 is 0 Å². The van der Waals surface area contributed by atoms with Gasteiger partial charge in [0.15, 0.2) is 0 Å². The van der Waals surface area contributed by atoms with Crippen LogP contribution in [-0.2, 0) is 19.1 Å². The first-order valence-electron chi connectivity index (χ1n) is 4.21. The topological polar surface area (TPSA) is 82.8 Å². The third-order valence-corrected chi connectivity index (χ3v) is 2.18. The SMILES string of the molecule is [B]C1OC(CNC=O)C(ON)C1OC. The number of rotatable bonds is 5. The van der Waals surface area contributed by atoms with Gasteiger partial charge in [-0.3, -0.25) is 9.63 Å². The van der Waals surface area contributed by atoms with E-state index >= 15 is 0 Å². The van der Waals surface area contributed by atoms with E-state index in [1.807, 2.05) is 0 Å². The second-order valence-electron chi connectivity index (χ2n) is 2.97. The van der Waals surface area contributed by atoms with E-state index in [1.165, 1.54) is 7.11 Å². The van der Waals surface area contributed by atoms with Crippen LogP contribution in [-0.4, -0.2) is 52.2 Å². The first-order chi connectivity index (χ1) is 6.74. The summed E-state index contributed by atoms with van der Waals surface area (Å²) in [6.45, 7) is 0.291. The fourth-order valence-corrected chi connectivity index (χ4v) is 1.52. The number of nitrogens with one attached hydrogen (secondary N) is 1. The summed E-state index contributed by atoms with van der Waals surface area (Å²) < 4.78 is 10.4. The van der Waals surface area contributed by atoms with E-state index in [0.29, 0.717) is 13.0 Å². The van der Waals surface area contributed by atoms with Crippen molar-refractivity contribution in [3.8, 4) is 0 Å². The van der Waals surface area contributed by atoms with Gasteiger partial charge in [0, 0.05) is 19.7 Å². The Morgan fingerprint density at radius 2 is 2.36 bits per heavy atom. The van der Waals surface area contributed by atoms with Crippen molar-refractivity contribution in [3.05, 3.63) is 0 Å². The van der Waals surface area contributed by atoms with Crippen LogP contribution in [0, 0.1) is 0 Å². The molecule has 78 valence electrons. The lowest BCUT2D eigenvalue weighted by Gasteiger charge is -2.19. The Hall–Kier alpha value is -0.625. The van der Waals surface area contributed by atoms with Crippen LogP contribution in [0.25, 0.3) is 0 Å². The maximum atomic E-state index is 10.1. The zero-order valence-corrected chi connectivity index (χ0v) is 7.88. The lowest BCUT2D eigenvalue weighted by atomic mass is 9.93. The van der Waals surface area contributed by atoms with Gasteiger partial charge in [-0.2, -0.15) is 0 Å². The molecule has 4 atom stereocenters. The van der Waals surface area contributed by atoms with E-state index in [-0.39, 0.29) is 6.10 Å². The number of ether oxygens (including phenoxy) is 2. The molecule has 0 saturated carbocycles. The first kappa shape index (κ1) is 11.4. The van der Waals surface area contributed by atoms with Crippen LogP contribution < -0.4 is 11.2 Å². The maximum Gasteiger partial charge on any atom is 0.207 e. The molecule has 7 heteroatoms. The molecule has 3 N–H and O–H groups in total. The number of carbonyl (C=O) groups is 1. The molecule has 0 bridgehead atoms. The molecule has 0 aromatic carbocycles. The molecule has 1 aliphatic heterocycles. The maximum absolute atomic E-state index is 10.1. The van der Waals surface area contributed by atoms with Gasteiger partial charge in [0.25, 0.3) is 0 Å². The average molecular weight is 200 g/mol. The predicted molar refractivity (Wildman–Crippen MR) is 48.3 cm³/mol. The highest BCUT2D eigenvalue weighted by atomic mass is 16.7. The van der Waals surface area contributed by atoms with Gasteiger partial charge in [-0.1, -0.05) is 0 Å². The molecule has 0 aromatic rings. The number of hydrogen-bond donors (Lipinski definition) is 2. The molecule has 0 aliphatic carbocycles. The van der Waals surface area contributed by atoms with Crippen molar-refractivity contribution in [1.82, 2.24) is 5.32 Å². The standard InChI is InChI=1S/C7H13BN2O4/c1-12-6-5(14-9)4(2-10-3-11)13-7(6)8/h3-7H,2,9H2,1H3,(H,10,11). The Morgan fingerprint density at radius 3 is 2.86 bits per heavy atom. The molecule has 1 saturated heterocycles. The predicted octanol–water partition coefficient (Wildman–Crippen LogP) is -2.10.